The maximum absolute atomic E-state index is 13.6. The van der Waals surface area contributed by atoms with Gasteiger partial charge in [-0.25, -0.2) is 17.2 Å². The molecular formula is C18H18F2O3S. The lowest BCUT2D eigenvalue weighted by Gasteiger charge is -2.14. The van der Waals surface area contributed by atoms with Crippen LogP contribution in [0.5, 0.6) is 0 Å². The SMILES string of the molecule is C/C(CCO)=C(\c1ccc(S(C)(=O)=O)cc1)c1ccc(F)c(F)c1. The predicted octanol–water partition coefficient (Wildman–Crippen LogP) is 3.57. The number of benzene rings is 2. The first-order valence-electron chi connectivity index (χ1n) is 7.30. The van der Waals surface area contributed by atoms with Gasteiger partial charge in [-0.05, 0) is 54.3 Å². The van der Waals surface area contributed by atoms with Gasteiger partial charge < -0.3 is 5.11 Å². The second-order valence-corrected chi connectivity index (χ2v) is 7.57. The molecule has 0 aromatic heterocycles. The molecule has 0 fully saturated rings. The molecule has 0 spiro atoms. The second kappa shape index (κ2) is 7.23. The molecule has 0 aliphatic heterocycles. The fraction of sp³-hybridized carbons (Fsp3) is 0.222. The van der Waals surface area contributed by atoms with Gasteiger partial charge in [-0.1, -0.05) is 23.8 Å². The van der Waals surface area contributed by atoms with Gasteiger partial charge in [0.15, 0.2) is 21.5 Å². The quantitative estimate of drug-likeness (QED) is 0.895. The zero-order valence-corrected chi connectivity index (χ0v) is 14.2. The Balaban J connectivity index is 2.59. The third kappa shape index (κ3) is 4.07. The van der Waals surface area contributed by atoms with Crippen molar-refractivity contribution in [3.05, 3.63) is 70.8 Å². The van der Waals surface area contributed by atoms with Crippen LogP contribution in [-0.2, 0) is 9.84 Å². The maximum atomic E-state index is 13.6. The molecule has 128 valence electrons. The van der Waals surface area contributed by atoms with Gasteiger partial charge in [0.2, 0.25) is 0 Å². The van der Waals surface area contributed by atoms with Gasteiger partial charge in [-0.3, -0.25) is 0 Å². The first kappa shape index (κ1) is 18.3. The summed E-state index contributed by atoms with van der Waals surface area (Å²) in [5.74, 6) is -1.90. The maximum Gasteiger partial charge on any atom is 0.175 e. The van der Waals surface area contributed by atoms with Gasteiger partial charge in [0, 0.05) is 12.9 Å². The van der Waals surface area contributed by atoms with Crippen LogP contribution < -0.4 is 0 Å². The van der Waals surface area contributed by atoms with E-state index in [1.54, 1.807) is 19.1 Å². The Labute approximate surface area is 140 Å². The van der Waals surface area contributed by atoms with Crippen molar-refractivity contribution in [3.63, 3.8) is 0 Å². The van der Waals surface area contributed by atoms with E-state index in [2.05, 4.69) is 0 Å². The Bertz CT molecular complexity index is 870. The summed E-state index contributed by atoms with van der Waals surface area (Å²) in [6, 6.07) is 9.77. The Kier molecular flexibility index (Phi) is 5.51. The summed E-state index contributed by atoms with van der Waals surface area (Å²) < 4.78 is 49.9. The molecule has 2 aromatic carbocycles. The Hall–Kier alpha value is -2.05. The molecule has 0 radical (unpaired) electrons. The number of halogens is 2. The highest BCUT2D eigenvalue weighted by Gasteiger charge is 2.13. The first-order valence-corrected chi connectivity index (χ1v) is 9.19. The number of rotatable bonds is 5. The van der Waals surface area contributed by atoms with E-state index in [4.69, 9.17) is 0 Å². The van der Waals surface area contributed by atoms with E-state index in [1.165, 1.54) is 18.2 Å². The van der Waals surface area contributed by atoms with E-state index in [0.29, 0.717) is 23.1 Å². The number of sulfone groups is 1. The molecule has 0 atom stereocenters. The Morgan fingerprint density at radius 2 is 1.58 bits per heavy atom. The summed E-state index contributed by atoms with van der Waals surface area (Å²) in [6.07, 6.45) is 1.48. The van der Waals surface area contributed by atoms with Crippen LogP contribution in [0.4, 0.5) is 8.78 Å². The molecule has 3 nitrogen and oxygen atoms in total. The van der Waals surface area contributed by atoms with Crippen molar-refractivity contribution in [3.8, 4) is 0 Å². The fourth-order valence-corrected chi connectivity index (χ4v) is 3.10. The van der Waals surface area contributed by atoms with E-state index in [9.17, 15) is 22.3 Å². The third-order valence-electron chi connectivity index (χ3n) is 3.69. The smallest absolute Gasteiger partial charge is 0.175 e. The van der Waals surface area contributed by atoms with Crippen LogP contribution in [0, 0.1) is 11.6 Å². The first-order chi connectivity index (χ1) is 11.2. The van der Waals surface area contributed by atoms with Crippen LogP contribution in [0.15, 0.2) is 52.9 Å². The highest BCUT2D eigenvalue weighted by molar-refractivity contribution is 7.90. The molecule has 0 bridgehead atoms. The number of aliphatic hydroxyl groups is 1. The lowest BCUT2D eigenvalue weighted by molar-refractivity contribution is 0.299. The number of aliphatic hydroxyl groups excluding tert-OH is 1. The molecule has 24 heavy (non-hydrogen) atoms. The zero-order valence-electron chi connectivity index (χ0n) is 13.4. The number of hydrogen-bond acceptors (Lipinski definition) is 3. The standard InChI is InChI=1S/C18H18F2O3S/c1-12(9-10-21)18(14-5-8-16(19)17(20)11-14)13-3-6-15(7-4-13)24(2,22)23/h3-8,11,21H,9-10H2,1-2H3/b18-12-. The molecule has 2 rings (SSSR count). The minimum atomic E-state index is -3.32. The average Bonchev–Trinajstić information content (AvgIpc) is 2.51. The Morgan fingerprint density at radius 3 is 2.08 bits per heavy atom. The topological polar surface area (TPSA) is 54.4 Å². The summed E-state index contributed by atoms with van der Waals surface area (Å²) in [7, 11) is -3.32. The lowest BCUT2D eigenvalue weighted by Crippen LogP contribution is -1.99. The largest absolute Gasteiger partial charge is 0.396 e. The van der Waals surface area contributed by atoms with Crippen molar-refractivity contribution < 1.29 is 22.3 Å². The van der Waals surface area contributed by atoms with Gasteiger partial charge in [-0.15, -0.1) is 0 Å². The van der Waals surface area contributed by atoms with Gasteiger partial charge in [0.05, 0.1) is 4.90 Å². The molecule has 0 unspecified atom stereocenters. The van der Waals surface area contributed by atoms with E-state index >= 15 is 0 Å². The molecule has 6 heteroatoms. The molecule has 0 heterocycles. The summed E-state index contributed by atoms with van der Waals surface area (Å²) in [6.45, 7) is 1.71. The molecule has 1 N–H and O–H groups in total. The molecular weight excluding hydrogens is 334 g/mol. The van der Waals surface area contributed by atoms with Crippen LogP contribution >= 0.6 is 0 Å². The third-order valence-corrected chi connectivity index (χ3v) is 4.82. The Morgan fingerprint density at radius 1 is 1.00 bits per heavy atom. The van der Waals surface area contributed by atoms with Crippen molar-refractivity contribution in [1.29, 1.82) is 0 Å². The molecule has 0 aliphatic rings. The van der Waals surface area contributed by atoms with Crippen LogP contribution in [0.2, 0.25) is 0 Å². The van der Waals surface area contributed by atoms with Gasteiger partial charge in [0.1, 0.15) is 0 Å². The van der Waals surface area contributed by atoms with Crippen molar-refractivity contribution in [2.24, 2.45) is 0 Å². The molecule has 0 saturated heterocycles. The van der Waals surface area contributed by atoms with Crippen molar-refractivity contribution in [1.82, 2.24) is 0 Å². The average molecular weight is 352 g/mol. The molecule has 0 saturated carbocycles. The van der Waals surface area contributed by atoms with E-state index in [0.717, 1.165) is 24.0 Å². The highest BCUT2D eigenvalue weighted by Crippen LogP contribution is 2.30. The van der Waals surface area contributed by atoms with E-state index < -0.39 is 21.5 Å². The van der Waals surface area contributed by atoms with Crippen LogP contribution in [0.1, 0.15) is 24.5 Å². The van der Waals surface area contributed by atoms with Crippen LogP contribution in [0.25, 0.3) is 5.57 Å². The van der Waals surface area contributed by atoms with Gasteiger partial charge in [0.25, 0.3) is 0 Å². The summed E-state index contributed by atoms with van der Waals surface area (Å²) in [4.78, 5) is 0.177. The minimum Gasteiger partial charge on any atom is -0.396 e. The zero-order chi connectivity index (χ0) is 17.9. The number of hydrogen-bond donors (Lipinski definition) is 1. The van der Waals surface area contributed by atoms with Crippen LogP contribution in [-0.4, -0.2) is 26.4 Å². The summed E-state index contributed by atoms with van der Waals surface area (Å²) in [5, 5.41) is 9.18. The monoisotopic (exact) mass is 352 g/mol. The van der Waals surface area contributed by atoms with Gasteiger partial charge >= 0.3 is 0 Å². The normalized spacial score (nSPS) is 12.9. The highest BCUT2D eigenvalue weighted by atomic mass is 32.2. The fourth-order valence-electron chi connectivity index (χ4n) is 2.47. The predicted molar refractivity (Wildman–Crippen MR) is 89.3 cm³/mol. The molecule has 0 aliphatic carbocycles. The summed E-state index contributed by atoms with van der Waals surface area (Å²) in [5.41, 5.74) is 2.56. The van der Waals surface area contributed by atoms with Crippen molar-refractivity contribution in [2.45, 2.75) is 18.2 Å². The molecule has 0 amide bonds. The van der Waals surface area contributed by atoms with Crippen molar-refractivity contribution >= 4 is 15.4 Å². The van der Waals surface area contributed by atoms with E-state index in [1.807, 2.05) is 0 Å². The van der Waals surface area contributed by atoms with Crippen molar-refractivity contribution in [2.75, 3.05) is 12.9 Å². The van der Waals surface area contributed by atoms with Crippen LogP contribution in [0.3, 0.4) is 0 Å². The summed E-state index contributed by atoms with van der Waals surface area (Å²) >= 11 is 0. The minimum absolute atomic E-state index is 0.0829. The molecule has 2 aromatic rings. The van der Waals surface area contributed by atoms with E-state index in [-0.39, 0.29) is 11.5 Å². The van der Waals surface area contributed by atoms with Gasteiger partial charge in [-0.2, -0.15) is 0 Å². The second-order valence-electron chi connectivity index (χ2n) is 5.55. The lowest BCUT2D eigenvalue weighted by atomic mass is 9.92.